The summed E-state index contributed by atoms with van der Waals surface area (Å²) in [6.07, 6.45) is 0. The minimum atomic E-state index is -0.483. The molecule has 0 saturated heterocycles. The Hall–Kier alpha value is -3.64. The Labute approximate surface area is 182 Å². The summed E-state index contributed by atoms with van der Waals surface area (Å²) < 4.78 is 19.2. The second-order valence-electron chi connectivity index (χ2n) is 6.04. The van der Waals surface area contributed by atoms with Crippen LogP contribution in [0, 0.1) is 15.9 Å². The van der Waals surface area contributed by atoms with Crippen molar-refractivity contribution in [2.75, 3.05) is 11.1 Å². The van der Waals surface area contributed by atoms with Crippen LogP contribution in [-0.4, -0.2) is 31.8 Å². The number of rotatable bonds is 7. The standard InChI is InChI=1S/C19H12FN5O4S2/c20-14-7-2-1-6-13(14)17-23-24-19(29-17)31-10-16(26)22-18-21-15(9-30-18)11-4-3-5-12(8-11)25(27)28/h1-9H,10H2,(H,21,22,26). The van der Waals surface area contributed by atoms with Gasteiger partial charge in [0.15, 0.2) is 5.13 Å². The van der Waals surface area contributed by atoms with Gasteiger partial charge in [-0.15, -0.1) is 21.5 Å². The topological polar surface area (TPSA) is 124 Å². The van der Waals surface area contributed by atoms with E-state index in [0.717, 1.165) is 11.8 Å². The second-order valence-corrected chi connectivity index (χ2v) is 7.82. The molecule has 4 aromatic rings. The molecule has 9 nitrogen and oxygen atoms in total. The third-order valence-electron chi connectivity index (χ3n) is 3.94. The number of thiazole rings is 1. The molecular weight excluding hydrogens is 445 g/mol. The molecular formula is C19H12FN5O4S2. The maximum Gasteiger partial charge on any atom is 0.277 e. The van der Waals surface area contributed by atoms with Gasteiger partial charge in [-0.05, 0) is 12.1 Å². The fourth-order valence-electron chi connectivity index (χ4n) is 2.54. The largest absolute Gasteiger partial charge is 0.411 e. The summed E-state index contributed by atoms with van der Waals surface area (Å²) in [5.74, 6) is -0.827. The molecule has 0 unspecified atom stereocenters. The predicted molar refractivity (Wildman–Crippen MR) is 113 cm³/mol. The number of carbonyl (C=O) groups excluding carboxylic acids is 1. The number of anilines is 1. The van der Waals surface area contributed by atoms with Gasteiger partial charge in [0, 0.05) is 23.1 Å². The average Bonchev–Trinajstić information content (AvgIpc) is 3.42. The van der Waals surface area contributed by atoms with E-state index in [4.69, 9.17) is 4.42 Å². The number of hydrogen-bond acceptors (Lipinski definition) is 9. The Balaban J connectivity index is 1.36. The van der Waals surface area contributed by atoms with Crippen molar-refractivity contribution in [1.82, 2.24) is 15.2 Å². The molecule has 0 radical (unpaired) electrons. The number of nitro benzene ring substituents is 1. The summed E-state index contributed by atoms with van der Waals surface area (Å²) in [5, 5.41) is 23.4. The zero-order valence-corrected chi connectivity index (χ0v) is 17.2. The molecule has 2 aromatic heterocycles. The minimum Gasteiger partial charge on any atom is -0.411 e. The van der Waals surface area contributed by atoms with Gasteiger partial charge in [-0.3, -0.25) is 14.9 Å². The SMILES string of the molecule is O=C(CSc1nnc(-c2ccccc2F)o1)Nc1nc(-c2cccc([N+](=O)[O-])c2)cs1. The lowest BCUT2D eigenvalue weighted by molar-refractivity contribution is -0.384. The van der Waals surface area contributed by atoms with E-state index in [1.807, 2.05) is 0 Å². The monoisotopic (exact) mass is 457 g/mol. The zero-order chi connectivity index (χ0) is 21.8. The van der Waals surface area contributed by atoms with Gasteiger partial charge < -0.3 is 9.73 Å². The highest BCUT2D eigenvalue weighted by Gasteiger charge is 2.15. The first-order valence-corrected chi connectivity index (χ1v) is 10.6. The Morgan fingerprint density at radius 2 is 2.06 bits per heavy atom. The summed E-state index contributed by atoms with van der Waals surface area (Å²) in [5.41, 5.74) is 1.24. The Kier molecular flexibility index (Phi) is 6.00. The fraction of sp³-hybridized carbons (Fsp3) is 0.0526. The summed E-state index contributed by atoms with van der Waals surface area (Å²) in [6.45, 7) is 0. The third kappa shape index (κ3) is 4.92. The van der Waals surface area contributed by atoms with Crippen LogP contribution in [-0.2, 0) is 4.79 Å². The smallest absolute Gasteiger partial charge is 0.277 e. The molecule has 0 aliphatic carbocycles. The number of non-ortho nitro benzene ring substituents is 1. The number of benzene rings is 2. The summed E-state index contributed by atoms with van der Waals surface area (Å²) >= 11 is 2.20. The van der Waals surface area contributed by atoms with Crippen molar-refractivity contribution >= 4 is 39.8 Å². The Morgan fingerprint density at radius 1 is 1.23 bits per heavy atom. The van der Waals surface area contributed by atoms with E-state index >= 15 is 0 Å². The predicted octanol–water partition coefficient (Wildman–Crippen LogP) is 4.64. The number of nitro groups is 1. The molecule has 0 aliphatic rings. The molecule has 0 aliphatic heterocycles. The molecule has 4 rings (SSSR count). The molecule has 31 heavy (non-hydrogen) atoms. The van der Waals surface area contributed by atoms with Crippen molar-refractivity contribution in [3.8, 4) is 22.7 Å². The fourth-order valence-corrected chi connectivity index (χ4v) is 3.84. The lowest BCUT2D eigenvalue weighted by atomic mass is 10.1. The van der Waals surface area contributed by atoms with Crippen molar-refractivity contribution < 1.29 is 18.5 Å². The van der Waals surface area contributed by atoms with Crippen LogP contribution in [0.15, 0.2) is 63.6 Å². The van der Waals surface area contributed by atoms with E-state index in [2.05, 4.69) is 20.5 Å². The highest BCUT2D eigenvalue weighted by atomic mass is 32.2. The van der Waals surface area contributed by atoms with Crippen molar-refractivity contribution in [2.45, 2.75) is 5.22 Å². The molecule has 156 valence electrons. The second kappa shape index (κ2) is 9.02. The summed E-state index contributed by atoms with van der Waals surface area (Å²) in [7, 11) is 0. The van der Waals surface area contributed by atoms with Gasteiger partial charge >= 0.3 is 0 Å². The van der Waals surface area contributed by atoms with Crippen molar-refractivity contribution in [2.24, 2.45) is 0 Å². The molecule has 12 heteroatoms. The first-order valence-electron chi connectivity index (χ1n) is 8.71. The quantitative estimate of drug-likeness (QED) is 0.242. The van der Waals surface area contributed by atoms with Gasteiger partial charge in [0.25, 0.3) is 16.8 Å². The van der Waals surface area contributed by atoms with Crippen LogP contribution in [0.4, 0.5) is 15.2 Å². The van der Waals surface area contributed by atoms with Gasteiger partial charge in [-0.2, -0.15) is 0 Å². The Bertz CT molecular complexity index is 1260. The van der Waals surface area contributed by atoms with Crippen LogP contribution in [0.1, 0.15) is 0 Å². The summed E-state index contributed by atoms with van der Waals surface area (Å²) in [6, 6.07) is 12.1. The van der Waals surface area contributed by atoms with E-state index in [1.165, 1.54) is 35.6 Å². The molecule has 0 spiro atoms. The summed E-state index contributed by atoms with van der Waals surface area (Å²) in [4.78, 5) is 26.9. The van der Waals surface area contributed by atoms with Crippen molar-refractivity contribution in [1.29, 1.82) is 0 Å². The number of carbonyl (C=O) groups is 1. The van der Waals surface area contributed by atoms with Crippen LogP contribution in [0.5, 0.6) is 0 Å². The van der Waals surface area contributed by atoms with Crippen LogP contribution >= 0.6 is 23.1 Å². The van der Waals surface area contributed by atoms with Gasteiger partial charge in [-0.25, -0.2) is 9.37 Å². The van der Waals surface area contributed by atoms with E-state index in [9.17, 15) is 19.3 Å². The zero-order valence-electron chi connectivity index (χ0n) is 15.5. The lowest BCUT2D eigenvalue weighted by Gasteiger charge is -2.00. The van der Waals surface area contributed by atoms with E-state index in [1.54, 1.807) is 29.6 Å². The van der Waals surface area contributed by atoms with Gasteiger partial charge in [0.05, 0.1) is 21.9 Å². The number of aromatic nitrogens is 3. The molecule has 0 fully saturated rings. The Morgan fingerprint density at radius 3 is 2.87 bits per heavy atom. The average molecular weight is 457 g/mol. The van der Waals surface area contributed by atoms with Crippen LogP contribution in [0.3, 0.4) is 0 Å². The molecule has 0 saturated carbocycles. The van der Waals surface area contributed by atoms with E-state index in [0.29, 0.717) is 16.4 Å². The molecule has 1 N–H and O–H groups in total. The number of thioether (sulfide) groups is 1. The van der Waals surface area contributed by atoms with E-state index in [-0.39, 0.29) is 34.0 Å². The van der Waals surface area contributed by atoms with Crippen LogP contribution in [0.2, 0.25) is 0 Å². The molecule has 0 atom stereocenters. The van der Waals surface area contributed by atoms with Gasteiger partial charge in [0.2, 0.25) is 5.91 Å². The molecule has 2 heterocycles. The number of hydrogen-bond donors (Lipinski definition) is 1. The van der Waals surface area contributed by atoms with Gasteiger partial charge in [0.1, 0.15) is 5.82 Å². The van der Waals surface area contributed by atoms with Gasteiger partial charge in [-0.1, -0.05) is 36.0 Å². The van der Waals surface area contributed by atoms with Crippen LogP contribution < -0.4 is 5.32 Å². The highest BCUT2D eigenvalue weighted by Crippen LogP contribution is 2.28. The number of amides is 1. The maximum atomic E-state index is 13.8. The maximum absolute atomic E-state index is 13.8. The normalized spacial score (nSPS) is 10.7. The van der Waals surface area contributed by atoms with Crippen molar-refractivity contribution in [3.63, 3.8) is 0 Å². The van der Waals surface area contributed by atoms with E-state index < -0.39 is 10.7 Å². The highest BCUT2D eigenvalue weighted by molar-refractivity contribution is 7.99. The molecule has 0 bridgehead atoms. The third-order valence-corrected chi connectivity index (χ3v) is 5.52. The number of nitrogens with zero attached hydrogens (tertiary/aromatic N) is 4. The number of nitrogens with one attached hydrogen (secondary N) is 1. The molecule has 2 aromatic carbocycles. The first-order chi connectivity index (χ1) is 15.0. The molecule has 1 amide bonds. The number of halogens is 1. The van der Waals surface area contributed by atoms with Crippen molar-refractivity contribution in [3.05, 3.63) is 69.8 Å². The lowest BCUT2D eigenvalue weighted by Crippen LogP contribution is -2.13. The first kappa shape index (κ1) is 20.6. The minimum absolute atomic E-state index is 0.0232. The van der Waals surface area contributed by atoms with Crippen LogP contribution in [0.25, 0.3) is 22.7 Å².